The predicted octanol–water partition coefficient (Wildman–Crippen LogP) is 2.77. The summed E-state index contributed by atoms with van der Waals surface area (Å²) in [6.07, 6.45) is 1.04. The van der Waals surface area contributed by atoms with Gasteiger partial charge in [-0.1, -0.05) is 36.4 Å². The van der Waals surface area contributed by atoms with Gasteiger partial charge < -0.3 is 14.7 Å². The van der Waals surface area contributed by atoms with Gasteiger partial charge in [0.05, 0.1) is 5.92 Å². The van der Waals surface area contributed by atoms with E-state index >= 15 is 0 Å². The van der Waals surface area contributed by atoms with E-state index in [1.54, 1.807) is 4.90 Å². The molecule has 0 saturated carbocycles. The number of nitrogens with zero attached hydrogens (tertiary/aromatic N) is 3. The lowest BCUT2D eigenvalue weighted by Crippen LogP contribution is -2.41. The number of hydrogen-bond donors (Lipinski definition) is 0. The Morgan fingerprint density at radius 2 is 1.63 bits per heavy atom. The Morgan fingerprint density at radius 1 is 0.933 bits per heavy atom. The highest BCUT2D eigenvalue weighted by atomic mass is 16.2. The third-order valence-electron chi connectivity index (χ3n) is 6.25. The molecular weight excluding hydrogens is 378 g/mol. The molecule has 6 nitrogen and oxygen atoms in total. The molecule has 0 bridgehead atoms. The van der Waals surface area contributed by atoms with Crippen LogP contribution in [0.5, 0.6) is 0 Å². The predicted molar refractivity (Wildman–Crippen MR) is 116 cm³/mol. The van der Waals surface area contributed by atoms with Crippen molar-refractivity contribution in [3.8, 4) is 0 Å². The molecule has 2 aliphatic heterocycles. The van der Waals surface area contributed by atoms with E-state index in [4.69, 9.17) is 0 Å². The molecule has 0 aromatic heterocycles. The lowest BCUT2D eigenvalue weighted by molar-refractivity contribution is -0.135. The Kier molecular flexibility index (Phi) is 5.75. The third kappa shape index (κ3) is 3.91. The van der Waals surface area contributed by atoms with E-state index in [-0.39, 0.29) is 29.7 Å². The molecule has 0 spiro atoms. The zero-order chi connectivity index (χ0) is 21.3. The van der Waals surface area contributed by atoms with Gasteiger partial charge in [0.25, 0.3) is 5.91 Å². The van der Waals surface area contributed by atoms with Gasteiger partial charge >= 0.3 is 0 Å². The number of hydrogen-bond acceptors (Lipinski definition) is 3. The lowest BCUT2D eigenvalue weighted by atomic mass is 10.0. The summed E-state index contributed by atoms with van der Waals surface area (Å²) in [6.45, 7) is 6.76. The average molecular weight is 408 g/mol. The fourth-order valence-corrected chi connectivity index (χ4v) is 4.58. The quantitative estimate of drug-likeness (QED) is 0.786. The van der Waals surface area contributed by atoms with Crippen LogP contribution < -0.4 is 0 Å². The molecule has 158 valence electrons. The van der Waals surface area contributed by atoms with Crippen LogP contribution in [-0.2, 0) is 9.59 Å². The highest BCUT2D eigenvalue weighted by molar-refractivity contribution is 6.07. The second-order valence-corrected chi connectivity index (χ2v) is 8.54. The van der Waals surface area contributed by atoms with Crippen LogP contribution in [0.4, 0.5) is 0 Å². The van der Waals surface area contributed by atoms with Gasteiger partial charge in [0.1, 0.15) is 0 Å². The van der Waals surface area contributed by atoms with Crippen molar-refractivity contribution >= 4 is 28.5 Å². The topological polar surface area (TPSA) is 60.9 Å². The molecule has 1 atom stereocenters. The molecule has 0 radical (unpaired) electrons. The van der Waals surface area contributed by atoms with E-state index in [9.17, 15) is 14.4 Å². The summed E-state index contributed by atoms with van der Waals surface area (Å²) in [6, 6.07) is 13.8. The second-order valence-electron chi connectivity index (χ2n) is 8.54. The smallest absolute Gasteiger partial charge is 0.254 e. The zero-order valence-corrected chi connectivity index (χ0v) is 17.7. The summed E-state index contributed by atoms with van der Waals surface area (Å²) in [5.74, 6) is -0.139. The van der Waals surface area contributed by atoms with Crippen LogP contribution in [0.3, 0.4) is 0 Å². The molecule has 0 aliphatic carbocycles. The van der Waals surface area contributed by atoms with Crippen molar-refractivity contribution in [1.82, 2.24) is 14.7 Å². The van der Waals surface area contributed by atoms with Crippen LogP contribution >= 0.6 is 0 Å². The molecule has 3 amide bonds. The van der Waals surface area contributed by atoms with Crippen molar-refractivity contribution in [3.05, 3.63) is 48.0 Å². The standard InChI is InChI=1S/C24H29N3O3/c1-17(2)27-16-19(15-22(27)28)23(29)25-11-6-12-26(14-13-25)24(30)21-10-5-8-18-7-3-4-9-20(18)21/h3-5,7-10,17,19H,6,11-16H2,1-2H3. The van der Waals surface area contributed by atoms with E-state index in [2.05, 4.69) is 0 Å². The van der Waals surface area contributed by atoms with Crippen LogP contribution in [0.15, 0.2) is 42.5 Å². The molecule has 6 heteroatoms. The monoisotopic (exact) mass is 407 g/mol. The first-order valence-electron chi connectivity index (χ1n) is 10.8. The average Bonchev–Trinajstić information content (AvgIpc) is 2.98. The van der Waals surface area contributed by atoms with Gasteiger partial charge in [-0.15, -0.1) is 0 Å². The number of carbonyl (C=O) groups is 3. The molecule has 2 fully saturated rings. The Balaban J connectivity index is 1.43. The first-order chi connectivity index (χ1) is 14.5. The summed E-state index contributed by atoms with van der Waals surface area (Å²) in [5, 5.41) is 2.01. The molecule has 2 aliphatic rings. The molecule has 30 heavy (non-hydrogen) atoms. The fourth-order valence-electron chi connectivity index (χ4n) is 4.58. The summed E-state index contributed by atoms with van der Waals surface area (Å²) < 4.78 is 0. The fraction of sp³-hybridized carbons (Fsp3) is 0.458. The van der Waals surface area contributed by atoms with E-state index in [1.165, 1.54) is 0 Å². The summed E-state index contributed by atoms with van der Waals surface area (Å²) in [4.78, 5) is 43.9. The molecule has 4 rings (SSSR count). The molecular formula is C24H29N3O3. The van der Waals surface area contributed by atoms with Crippen molar-refractivity contribution < 1.29 is 14.4 Å². The van der Waals surface area contributed by atoms with Gasteiger partial charge in [0.2, 0.25) is 11.8 Å². The van der Waals surface area contributed by atoms with E-state index in [0.29, 0.717) is 44.7 Å². The maximum Gasteiger partial charge on any atom is 0.254 e. The molecule has 2 aromatic carbocycles. The first kappa shape index (κ1) is 20.4. The number of amides is 3. The van der Waals surface area contributed by atoms with Crippen molar-refractivity contribution in [2.45, 2.75) is 32.7 Å². The van der Waals surface area contributed by atoms with Crippen LogP contribution in [0.1, 0.15) is 37.0 Å². The highest BCUT2D eigenvalue weighted by Gasteiger charge is 2.38. The van der Waals surface area contributed by atoms with Gasteiger partial charge in [-0.3, -0.25) is 14.4 Å². The van der Waals surface area contributed by atoms with Crippen LogP contribution in [-0.4, -0.2) is 71.2 Å². The Morgan fingerprint density at radius 3 is 2.40 bits per heavy atom. The minimum atomic E-state index is -0.264. The van der Waals surface area contributed by atoms with Gasteiger partial charge in [-0.25, -0.2) is 0 Å². The van der Waals surface area contributed by atoms with Crippen molar-refractivity contribution in [3.63, 3.8) is 0 Å². The van der Waals surface area contributed by atoms with Gasteiger partial charge in [0, 0.05) is 50.7 Å². The second kappa shape index (κ2) is 8.46. The molecule has 2 heterocycles. The molecule has 1 unspecified atom stereocenters. The molecule has 0 N–H and O–H groups in total. The maximum atomic E-state index is 13.2. The van der Waals surface area contributed by atoms with E-state index in [1.807, 2.05) is 66.1 Å². The summed E-state index contributed by atoms with van der Waals surface area (Å²) in [5.41, 5.74) is 0.710. The molecule has 2 saturated heterocycles. The third-order valence-corrected chi connectivity index (χ3v) is 6.25. The number of fused-ring (bicyclic) bond motifs is 1. The van der Waals surface area contributed by atoms with Gasteiger partial charge in [0.15, 0.2) is 0 Å². The van der Waals surface area contributed by atoms with Crippen LogP contribution in [0.25, 0.3) is 10.8 Å². The van der Waals surface area contributed by atoms with Gasteiger partial charge in [-0.05, 0) is 37.1 Å². The molecule has 2 aromatic rings. The number of rotatable bonds is 3. The number of benzene rings is 2. The minimum Gasteiger partial charge on any atom is -0.341 e. The zero-order valence-electron chi connectivity index (χ0n) is 17.7. The Labute approximate surface area is 177 Å². The highest BCUT2D eigenvalue weighted by Crippen LogP contribution is 2.24. The van der Waals surface area contributed by atoms with E-state index < -0.39 is 0 Å². The van der Waals surface area contributed by atoms with E-state index in [0.717, 1.165) is 17.2 Å². The van der Waals surface area contributed by atoms with Crippen molar-refractivity contribution in [2.24, 2.45) is 5.92 Å². The van der Waals surface area contributed by atoms with Gasteiger partial charge in [-0.2, -0.15) is 0 Å². The normalized spacial score (nSPS) is 20.2. The minimum absolute atomic E-state index is 0.0168. The van der Waals surface area contributed by atoms with Crippen LogP contribution in [0, 0.1) is 5.92 Å². The number of carbonyl (C=O) groups excluding carboxylic acids is 3. The SMILES string of the molecule is CC(C)N1CC(C(=O)N2CCCN(C(=O)c3cccc4ccccc34)CC2)CC1=O. The number of likely N-dealkylation sites (tertiary alicyclic amines) is 1. The van der Waals surface area contributed by atoms with Crippen molar-refractivity contribution in [2.75, 3.05) is 32.7 Å². The van der Waals surface area contributed by atoms with Crippen molar-refractivity contribution in [1.29, 1.82) is 0 Å². The summed E-state index contributed by atoms with van der Waals surface area (Å²) in [7, 11) is 0. The maximum absolute atomic E-state index is 13.2. The van der Waals surface area contributed by atoms with Crippen LogP contribution in [0.2, 0.25) is 0 Å². The summed E-state index contributed by atoms with van der Waals surface area (Å²) >= 11 is 0. The lowest BCUT2D eigenvalue weighted by Gasteiger charge is -2.25. The first-order valence-corrected chi connectivity index (χ1v) is 10.8. The Hall–Kier alpha value is -2.89. The largest absolute Gasteiger partial charge is 0.341 e. The Bertz CT molecular complexity index is 966.